The number of carbonyl (C=O) groups is 1. The zero-order valence-electron chi connectivity index (χ0n) is 15.1. The van der Waals surface area contributed by atoms with Crippen LogP contribution in [0.3, 0.4) is 0 Å². The Morgan fingerprint density at radius 1 is 1.21 bits per heavy atom. The van der Waals surface area contributed by atoms with Gasteiger partial charge >= 0.3 is 6.61 Å². The summed E-state index contributed by atoms with van der Waals surface area (Å²) in [5, 5.41) is 4.54. The maximum atomic E-state index is 12.5. The Hall–Kier alpha value is -2.17. The van der Waals surface area contributed by atoms with E-state index in [4.69, 9.17) is 4.74 Å². The van der Waals surface area contributed by atoms with Gasteiger partial charge in [-0.2, -0.15) is 13.9 Å². The number of hydrogen-bond acceptors (Lipinski definition) is 6. The van der Waals surface area contributed by atoms with Crippen molar-refractivity contribution in [2.75, 3.05) is 32.8 Å². The summed E-state index contributed by atoms with van der Waals surface area (Å²) in [6, 6.07) is 6.40. The van der Waals surface area contributed by atoms with E-state index in [9.17, 15) is 13.6 Å². The maximum absolute atomic E-state index is 12.5. The molecule has 2 aliphatic rings. The SMILES string of the molecule is O=C(CN1CCOCC1)N1Cc2cn(Sc3ccc(OC(F)F)cc3)nc2C1. The van der Waals surface area contributed by atoms with Gasteiger partial charge in [0.2, 0.25) is 5.91 Å². The predicted octanol–water partition coefficient (Wildman–Crippen LogP) is 2.21. The Morgan fingerprint density at radius 2 is 1.96 bits per heavy atom. The summed E-state index contributed by atoms with van der Waals surface area (Å²) in [5.74, 6) is 0.227. The Bertz CT molecular complexity index is 801. The number of fused-ring (bicyclic) bond motifs is 1. The van der Waals surface area contributed by atoms with Gasteiger partial charge in [0.05, 0.1) is 32.0 Å². The number of carbonyl (C=O) groups excluding carboxylic acids is 1. The normalized spacial score (nSPS) is 17.2. The number of morpholine rings is 1. The van der Waals surface area contributed by atoms with E-state index < -0.39 is 6.61 Å². The lowest BCUT2D eigenvalue weighted by Gasteiger charge is -2.27. The molecular formula is C18H20F2N4O3S. The number of halogens is 2. The van der Waals surface area contributed by atoms with Crippen molar-refractivity contribution in [3.63, 3.8) is 0 Å². The van der Waals surface area contributed by atoms with Crippen molar-refractivity contribution in [1.29, 1.82) is 0 Å². The van der Waals surface area contributed by atoms with Crippen molar-refractivity contribution >= 4 is 17.9 Å². The van der Waals surface area contributed by atoms with Gasteiger partial charge in [-0.15, -0.1) is 0 Å². The lowest BCUT2D eigenvalue weighted by Crippen LogP contribution is -2.43. The molecule has 0 bridgehead atoms. The smallest absolute Gasteiger partial charge is 0.387 e. The highest BCUT2D eigenvalue weighted by molar-refractivity contribution is 7.97. The van der Waals surface area contributed by atoms with Gasteiger partial charge < -0.3 is 14.4 Å². The summed E-state index contributed by atoms with van der Waals surface area (Å²) in [5.41, 5.74) is 1.92. The lowest BCUT2D eigenvalue weighted by atomic mass is 10.3. The fraction of sp³-hybridized carbons (Fsp3) is 0.444. The predicted molar refractivity (Wildman–Crippen MR) is 98.1 cm³/mol. The van der Waals surface area contributed by atoms with E-state index in [0.29, 0.717) is 32.8 Å². The Labute approximate surface area is 165 Å². The van der Waals surface area contributed by atoms with Gasteiger partial charge in [-0.3, -0.25) is 9.69 Å². The third-order valence-corrected chi connectivity index (χ3v) is 5.48. The Balaban J connectivity index is 1.31. The molecule has 0 atom stereocenters. The van der Waals surface area contributed by atoms with E-state index >= 15 is 0 Å². The molecule has 4 rings (SSSR count). The number of benzene rings is 1. The van der Waals surface area contributed by atoms with Crippen molar-refractivity contribution < 1.29 is 23.0 Å². The zero-order chi connectivity index (χ0) is 19.5. The van der Waals surface area contributed by atoms with Crippen LogP contribution < -0.4 is 4.74 Å². The van der Waals surface area contributed by atoms with E-state index in [2.05, 4.69) is 14.7 Å². The van der Waals surface area contributed by atoms with Gasteiger partial charge in [0.15, 0.2) is 0 Å². The van der Waals surface area contributed by atoms with Crippen LogP contribution in [0.25, 0.3) is 0 Å². The number of amides is 1. The van der Waals surface area contributed by atoms with Gasteiger partial charge in [-0.1, -0.05) is 0 Å². The van der Waals surface area contributed by atoms with E-state index in [-0.39, 0.29) is 11.7 Å². The van der Waals surface area contributed by atoms with E-state index in [1.54, 1.807) is 16.2 Å². The number of aromatic nitrogens is 2. The van der Waals surface area contributed by atoms with Gasteiger partial charge in [0.25, 0.3) is 0 Å². The van der Waals surface area contributed by atoms with Crippen molar-refractivity contribution in [3.8, 4) is 5.75 Å². The highest BCUT2D eigenvalue weighted by atomic mass is 32.2. The third-order valence-electron chi connectivity index (χ3n) is 4.62. The Morgan fingerprint density at radius 3 is 2.64 bits per heavy atom. The van der Waals surface area contributed by atoms with E-state index in [0.717, 1.165) is 29.2 Å². The molecule has 2 aromatic rings. The van der Waals surface area contributed by atoms with Crippen LogP contribution in [-0.4, -0.2) is 64.4 Å². The average molecular weight is 410 g/mol. The van der Waals surface area contributed by atoms with Crippen LogP contribution in [-0.2, 0) is 22.6 Å². The summed E-state index contributed by atoms with van der Waals surface area (Å²) >= 11 is 1.37. The molecule has 1 amide bonds. The minimum atomic E-state index is -2.83. The van der Waals surface area contributed by atoms with Crippen LogP contribution >= 0.6 is 11.9 Å². The highest BCUT2D eigenvalue weighted by Gasteiger charge is 2.28. The average Bonchev–Trinajstić information content (AvgIpc) is 3.22. The number of alkyl halides is 2. The van der Waals surface area contributed by atoms with Gasteiger partial charge in [0.1, 0.15) is 5.75 Å². The fourth-order valence-electron chi connectivity index (χ4n) is 3.19. The van der Waals surface area contributed by atoms with Crippen LogP contribution in [0, 0.1) is 0 Å². The second-order valence-corrected chi connectivity index (χ2v) is 7.61. The molecule has 2 aliphatic heterocycles. The van der Waals surface area contributed by atoms with E-state index in [1.165, 1.54) is 24.1 Å². The fourth-order valence-corrected chi connectivity index (χ4v) is 3.98. The molecule has 0 aliphatic carbocycles. The van der Waals surface area contributed by atoms with Crippen LogP contribution in [0.5, 0.6) is 5.75 Å². The molecule has 3 heterocycles. The summed E-state index contributed by atoms with van der Waals surface area (Å²) < 4.78 is 35.8. The number of ether oxygens (including phenoxy) is 2. The van der Waals surface area contributed by atoms with Crippen molar-refractivity contribution in [2.45, 2.75) is 24.6 Å². The van der Waals surface area contributed by atoms with Crippen LogP contribution in [0.4, 0.5) is 8.78 Å². The van der Waals surface area contributed by atoms with Crippen molar-refractivity contribution in [3.05, 3.63) is 41.7 Å². The summed E-state index contributed by atoms with van der Waals surface area (Å²) in [7, 11) is 0. The molecule has 1 fully saturated rings. The molecular weight excluding hydrogens is 390 g/mol. The van der Waals surface area contributed by atoms with Crippen LogP contribution in [0.2, 0.25) is 0 Å². The molecule has 7 nitrogen and oxygen atoms in total. The lowest BCUT2D eigenvalue weighted by molar-refractivity contribution is -0.134. The molecule has 0 saturated carbocycles. The second kappa shape index (κ2) is 8.46. The summed E-state index contributed by atoms with van der Waals surface area (Å²) in [6.45, 7) is 1.56. The van der Waals surface area contributed by atoms with Crippen molar-refractivity contribution in [1.82, 2.24) is 19.0 Å². The van der Waals surface area contributed by atoms with Gasteiger partial charge in [-0.25, -0.2) is 4.09 Å². The molecule has 1 saturated heterocycles. The van der Waals surface area contributed by atoms with Gasteiger partial charge in [0, 0.05) is 48.2 Å². The molecule has 1 aromatic carbocycles. The minimum Gasteiger partial charge on any atom is -0.435 e. The molecule has 10 heteroatoms. The molecule has 0 radical (unpaired) electrons. The molecule has 0 N–H and O–H groups in total. The summed E-state index contributed by atoms with van der Waals surface area (Å²) in [4.78, 5) is 17.3. The molecule has 0 unspecified atom stereocenters. The standard InChI is InChI=1S/C18H20F2N4O3S/c19-18(20)27-14-1-3-15(4-2-14)28-24-10-13-9-23(11-16(13)21-24)17(25)12-22-5-7-26-8-6-22/h1-4,10,18H,5-9,11-12H2. The van der Waals surface area contributed by atoms with Crippen LogP contribution in [0.15, 0.2) is 35.4 Å². The van der Waals surface area contributed by atoms with Gasteiger partial charge in [-0.05, 0) is 24.3 Å². The van der Waals surface area contributed by atoms with E-state index in [1.807, 2.05) is 11.1 Å². The largest absolute Gasteiger partial charge is 0.435 e. The quantitative estimate of drug-likeness (QED) is 0.728. The first-order valence-electron chi connectivity index (χ1n) is 8.95. The Kier molecular flexibility index (Phi) is 5.79. The third kappa shape index (κ3) is 4.62. The maximum Gasteiger partial charge on any atom is 0.387 e. The molecule has 1 aromatic heterocycles. The number of nitrogens with zero attached hydrogens (tertiary/aromatic N) is 4. The van der Waals surface area contributed by atoms with Crippen LogP contribution in [0.1, 0.15) is 11.3 Å². The number of hydrogen-bond donors (Lipinski definition) is 0. The minimum absolute atomic E-state index is 0.105. The molecule has 150 valence electrons. The monoisotopic (exact) mass is 410 g/mol. The zero-order valence-corrected chi connectivity index (χ0v) is 15.9. The highest BCUT2D eigenvalue weighted by Crippen LogP contribution is 2.27. The topological polar surface area (TPSA) is 59.8 Å². The van der Waals surface area contributed by atoms with Crippen molar-refractivity contribution in [2.24, 2.45) is 0 Å². The summed E-state index contributed by atoms with van der Waals surface area (Å²) in [6.07, 6.45) is 1.91. The first-order valence-corrected chi connectivity index (χ1v) is 9.73. The first-order chi connectivity index (χ1) is 13.6. The molecule has 28 heavy (non-hydrogen) atoms. The number of rotatable bonds is 6. The second-order valence-electron chi connectivity index (χ2n) is 6.58. The molecule has 0 spiro atoms. The first kappa shape index (κ1) is 19.2.